The van der Waals surface area contributed by atoms with Crippen molar-refractivity contribution in [3.8, 4) is 0 Å². The average molecular weight is 280 g/mol. The zero-order chi connectivity index (χ0) is 14.2. The fourth-order valence-electron chi connectivity index (χ4n) is 1.72. The number of carbonyl (C=O) groups excluding carboxylic acids is 1. The van der Waals surface area contributed by atoms with Crippen LogP contribution in [0.5, 0.6) is 0 Å². The summed E-state index contributed by atoms with van der Waals surface area (Å²) in [6, 6.07) is 4.73. The molecule has 0 aliphatic carbocycles. The van der Waals surface area contributed by atoms with Crippen LogP contribution in [0.3, 0.4) is 0 Å². The van der Waals surface area contributed by atoms with Gasteiger partial charge < -0.3 is 11.1 Å². The second-order valence-corrected chi connectivity index (χ2v) is 6.75. The molecule has 19 heavy (non-hydrogen) atoms. The quantitative estimate of drug-likeness (QED) is 0.886. The SMILES string of the molecule is CC(C)(C)CNC(=O)c1sc2cccc(F)c2c1N. The molecule has 102 valence electrons. The van der Waals surface area contributed by atoms with Crippen molar-refractivity contribution < 1.29 is 9.18 Å². The van der Waals surface area contributed by atoms with Gasteiger partial charge in [0.15, 0.2) is 0 Å². The molecule has 0 fully saturated rings. The Morgan fingerprint density at radius 1 is 1.42 bits per heavy atom. The van der Waals surface area contributed by atoms with Crippen LogP contribution in [0.15, 0.2) is 18.2 Å². The normalized spacial score (nSPS) is 11.8. The van der Waals surface area contributed by atoms with Crippen LogP contribution in [-0.2, 0) is 0 Å². The minimum absolute atomic E-state index is 0.00759. The fraction of sp³-hybridized carbons (Fsp3) is 0.357. The Balaban J connectivity index is 2.33. The van der Waals surface area contributed by atoms with Gasteiger partial charge in [-0.05, 0) is 17.5 Å². The van der Waals surface area contributed by atoms with Crippen LogP contribution in [0.4, 0.5) is 10.1 Å². The summed E-state index contributed by atoms with van der Waals surface area (Å²) < 4.78 is 14.4. The average Bonchev–Trinajstić information content (AvgIpc) is 2.64. The van der Waals surface area contributed by atoms with Gasteiger partial charge in [0.2, 0.25) is 0 Å². The Morgan fingerprint density at radius 3 is 2.68 bits per heavy atom. The van der Waals surface area contributed by atoms with E-state index in [0.29, 0.717) is 21.5 Å². The van der Waals surface area contributed by atoms with Crippen molar-refractivity contribution in [1.82, 2.24) is 5.32 Å². The molecule has 3 nitrogen and oxygen atoms in total. The number of rotatable bonds is 2. The summed E-state index contributed by atoms with van der Waals surface area (Å²) in [5.41, 5.74) is 6.11. The molecule has 1 aromatic carbocycles. The van der Waals surface area contributed by atoms with Crippen molar-refractivity contribution in [2.24, 2.45) is 5.41 Å². The van der Waals surface area contributed by atoms with E-state index in [1.54, 1.807) is 12.1 Å². The molecule has 5 heteroatoms. The topological polar surface area (TPSA) is 55.1 Å². The predicted molar refractivity (Wildman–Crippen MR) is 78.0 cm³/mol. The van der Waals surface area contributed by atoms with Gasteiger partial charge in [-0.25, -0.2) is 4.39 Å². The van der Waals surface area contributed by atoms with Crippen molar-refractivity contribution in [2.45, 2.75) is 20.8 Å². The second kappa shape index (κ2) is 4.81. The van der Waals surface area contributed by atoms with Crippen molar-refractivity contribution in [2.75, 3.05) is 12.3 Å². The van der Waals surface area contributed by atoms with E-state index in [1.165, 1.54) is 17.4 Å². The summed E-state index contributed by atoms with van der Waals surface area (Å²) in [6.07, 6.45) is 0. The lowest BCUT2D eigenvalue weighted by atomic mass is 9.97. The van der Waals surface area contributed by atoms with E-state index in [4.69, 9.17) is 5.73 Å². The minimum Gasteiger partial charge on any atom is -0.397 e. The van der Waals surface area contributed by atoms with Gasteiger partial charge in [-0.1, -0.05) is 26.8 Å². The predicted octanol–water partition coefficient (Wildman–Crippen LogP) is 3.40. The van der Waals surface area contributed by atoms with Gasteiger partial charge in [-0.2, -0.15) is 0 Å². The van der Waals surface area contributed by atoms with Gasteiger partial charge in [0.1, 0.15) is 10.7 Å². The Hall–Kier alpha value is -1.62. The van der Waals surface area contributed by atoms with Crippen LogP contribution in [0, 0.1) is 11.2 Å². The number of amides is 1. The van der Waals surface area contributed by atoms with Crippen LogP contribution in [0.1, 0.15) is 30.4 Å². The lowest BCUT2D eigenvalue weighted by Gasteiger charge is -2.18. The van der Waals surface area contributed by atoms with E-state index in [1.807, 2.05) is 20.8 Å². The molecule has 2 aromatic rings. The first kappa shape index (κ1) is 13.8. The molecule has 1 amide bonds. The third kappa shape index (κ3) is 2.87. The number of nitrogen functional groups attached to an aromatic ring is 1. The van der Waals surface area contributed by atoms with Crippen LogP contribution >= 0.6 is 11.3 Å². The van der Waals surface area contributed by atoms with Crippen LogP contribution < -0.4 is 11.1 Å². The molecule has 0 unspecified atom stereocenters. The summed E-state index contributed by atoms with van der Waals surface area (Å²) >= 11 is 1.22. The molecular weight excluding hydrogens is 263 g/mol. The molecule has 0 aliphatic heterocycles. The van der Waals surface area contributed by atoms with Crippen molar-refractivity contribution in [1.29, 1.82) is 0 Å². The summed E-state index contributed by atoms with van der Waals surface area (Å²) in [4.78, 5) is 12.5. The lowest BCUT2D eigenvalue weighted by Crippen LogP contribution is -2.32. The summed E-state index contributed by atoms with van der Waals surface area (Å²) in [5, 5.41) is 3.17. The van der Waals surface area contributed by atoms with E-state index in [2.05, 4.69) is 5.32 Å². The number of halogens is 1. The van der Waals surface area contributed by atoms with Gasteiger partial charge in [0, 0.05) is 11.2 Å². The number of hydrogen-bond donors (Lipinski definition) is 2. The molecule has 0 bridgehead atoms. The minimum atomic E-state index is -0.388. The molecule has 1 heterocycles. The smallest absolute Gasteiger partial charge is 0.263 e. The first-order valence-corrected chi connectivity index (χ1v) is 6.86. The summed E-state index contributed by atoms with van der Waals surface area (Å²) in [7, 11) is 0. The standard InChI is InChI=1S/C14H17FN2OS/c1-14(2,3)7-17-13(18)12-11(16)10-8(15)5-4-6-9(10)19-12/h4-6H,7,16H2,1-3H3,(H,17,18). The van der Waals surface area contributed by atoms with Crippen molar-refractivity contribution in [3.63, 3.8) is 0 Å². The number of benzene rings is 1. The molecule has 0 saturated heterocycles. The third-order valence-corrected chi connectivity index (χ3v) is 3.86. The zero-order valence-corrected chi connectivity index (χ0v) is 12.0. The molecule has 3 N–H and O–H groups in total. The van der Waals surface area contributed by atoms with Crippen molar-refractivity contribution in [3.05, 3.63) is 28.9 Å². The first-order chi connectivity index (χ1) is 8.79. The first-order valence-electron chi connectivity index (χ1n) is 6.04. The Labute approximate surface area is 115 Å². The highest BCUT2D eigenvalue weighted by Crippen LogP contribution is 2.35. The Morgan fingerprint density at radius 2 is 2.11 bits per heavy atom. The number of carbonyl (C=O) groups is 1. The highest BCUT2D eigenvalue weighted by Gasteiger charge is 2.20. The van der Waals surface area contributed by atoms with Crippen LogP contribution in [-0.4, -0.2) is 12.5 Å². The fourth-order valence-corrected chi connectivity index (χ4v) is 2.78. The van der Waals surface area contributed by atoms with Gasteiger partial charge in [-0.15, -0.1) is 11.3 Å². The molecule has 0 aliphatic rings. The highest BCUT2D eigenvalue weighted by molar-refractivity contribution is 7.21. The lowest BCUT2D eigenvalue weighted by molar-refractivity contribution is 0.0944. The van der Waals surface area contributed by atoms with E-state index in [0.717, 1.165) is 0 Å². The molecule has 1 aromatic heterocycles. The van der Waals surface area contributed by atoms with Gasteiger partial charge in [0.05, 0.1) is 11.1 Å². The maximum atomic E-state index is 13.7. The molecule has 0 spiro atoms. The van der Waals surface area contributed by atoms with E-state index in [9.17, 15) is 9.18 Å². The Kier molecular flexibility index (Phi) is 3.49. The molecular formula is C14H17FN2OS. The van der Waals surface area contributed by atoms with Gasteiger partial charge in [-0.3, -0.25) is 4.79 Å². The Bertz CT molecular complexity index is 628. The summed E-state index contributed by atoms with van der Waals surface area (Å²) in [5.74, 6) is -0.630. The number of hydrogen-bond acceptors (Lipinski definition) is 3. The number of nitrogens with one attached hydrogen (secondary N) is 1. The van der Waals surface area contributed by atoms with Gasteiger partial charge >= 0.3 is 0 Å². The van der Waals surface area contributed by atoms with Gasteiger partial charge in [0.25, 0.3) is 5.91 Å². The van der Waals surface area contributed by atoms with Crippen LogP contribution in [0.2, 0.25) is 0 Å². The third-order valence-electron chi connectivity index (χ3n) is 2.69. The largest absolute Gasteiger partial charge is 0.397 e. The monoisotopic (exact) mass is 280 g/mol. The molecule has 2 rings (SSSR count). The van der Waals surface area contributed by atoms with E-state index in [-0.39, 0.29) is 22.8 Å². The van der Waals surface area contributed by atoms with Crippen molar-refractivity contribution >= 4 is 33.0 Å². The summed E-state index contributed by atoms with van der Waals surface area (Å²) in [6.45, 7) is 6.63. The van der Waals surface area contributed by atoms with E-state index >= 15 is 0 Å². The van der Waals surface area contributed by atoms with Crippen LogP contribution in [0.25, 0.3) is 10.1 Å². The molecule has 0 atom stereocenters. The number of fused-ring (bicyclic) bond motifs is 1. The van der Waals surface area contributed by atoms with E-state index < -0.39 is 0 Å². The number of anilines is 1. The second-order valence-electron chi connectivity index (χ2n) is 5.70. The number of thiophene rings is 1. The zero-order valence-electron chi connectivity index (χ0n) is 11.2. The molecule has 0 saturated carbocycles. The maximum Gasteiger partial charge on any atom is 0.263 e. The maximum absolute atomic E-state index is 13.7. The molecule has 0 radical (unpaired) electrons. The number of nitrogens with two attached hydrogens (primary N) is 1. The highest BCUT2D eigenvalue weighted by atomic mass is 32.1.